The van der Waals surface area contributed by atoms with Crippen LogP contribution >= 0.6 is 11.6 Å². The smallest absolute Gasteiger partial charge is 0.243 e. The molecule has 1 fully saturated rings. The van der Waals surface area contributed by atoms with Crippen LogP contribution in [0.3, 0.4) is 0 Å². The molecule has 0 atom stereocenters. The second-order valence-electron chi connectivity index (χ2n) is 7.29. The van der Waals surface area contributed by atoms with Crippen molar-refractivity contribution in [2.24, 2.45) is 0 Å². The van der Waals surface area contributed by atoms with Crippen LogP contribution < -0.4 is 5.32 Å². The number of sulfonamides is 1. The summed E-state index contributed by atoms with van der Waals surface area (Å²) in [6.45, 7) is 6.39. The van der Waals surface area contributed by atoms with Crippen molar-refractivity contribution in [1.29, 1.82) is 0 Å². The number of para-hydroxylation sites is 1. The first-order chi connectivity index (χ1) is 13.8. The van der Waals surface area contributed by atoms with Gasteiger partial charge in [-0.05, 0) is 37.6 Å². The zero-order chi connectivity index (χ0) is 21.0. The topological polar surface area (TPSA) is 69.7 Å². The second-order valence-corrected chi connectivity index (χ2v) is 9.61. The van der Waals surface area contributed by atoms with E-state index in [0.29, 0.717) is 54.8 Å². The molecule has 3 rings (SSSR count). The maximum absolute atomic E-state index is 13.0. The van der Waals surface area contributed by atoms with E-state index >= 15 is 0 Å². The molecule has 2 aromatic rings. The third-order valence-corrected chi connectivity index (χ3v) is 7.47. The number of rotatable bonds is 6. The summed E-state index contributed by atoms with van der Waals surface area (Å²) in [5.74, 6) is -0.108. The predicted molar refractivity (Wildman–Crippen MR) is 116 cm³/mol. The molecule has 0 aliphatic carbocycles. The van der Waals surface area contributed by atoms with Gasteiger partial charge in [0.15, 0.2) is 0 Å². The summed E-state index contributed by atoms with van der Waals surface area (Å²) in [4.78, 5) is 14.7. The molecule has 1 aliphatic heterocycles. The molecule has 1 heterocycles. The number of hydrogen-bond acceptors (Lipinski definition) is 4. The fourth-order valence-electron chi connectivity index (χ4n) is 3.46. The van der Waals surface area contributed by atoms with Crippen LogP contribution in [0.2, 0.25) is 5.02 Å². The Hall–Kier alpha value is -1.93. The second kappa shape index (κ2) is 9.26. The molecular formula is C21H26ClN3O3S. The number of anilines is 1. The minimum atomic E-state index is -3.50. The SMILES string of the molecule is Cc1ccc(S(=O)(=O)N2CCN(CCC(=O)Nc3ccccc3Cl)CC2)c(C)c1. The lowest BCUT2D eigenvalue weighted by atomic mass is 10.2. The molecule has 0 radical (unpaired) electrons. The Balaban J connectivity index is 1.51. The van der Waals surface area contributed by atoms with Gasteiger partial charge < -0.3 is 10.2 Å². The summed E-state index contributed by atoms with van der Waals surface area (Å²) in [6, 6.07) is 12.5. The highest BCUT2D eigenvalue weighted by Gasteiger charge is 2.29. The van der Waals surface area contributed by atoms with Crippen molar-refractivity contribution < 1.29 is 13.2 Å². The van der Waals surface area contributed by atoms with Gasteiger partial charge >= 0.3 is 0 Å². The van der Waals surface area contributed by atoms with Crippen LogP contribution in [-0.2, 0) is 14.8 Å². The molecule has 29 heavy (non-hydrogen) atoms. The van der Waals surface area contributed by atoms with Gasteiger partial charge in [-0.25, -0.2) is 8.42 Å². The number of hydrogen-bond donors (Lipinski definition) is 1. The normalized spacial score (nSPS) is 16.0. The number of carbonyl (C=O) groups excluding carboxylic acids is 1. The highest BCUT2D eigenvalue weighted by molar-refractivity contribution is 7.89. The fraction of sp³-hybridized carbons (Fsp3) is 0.381. The van der Waals surface area contributed by atoms with Crippen LogP contribution in [0.4, 0.5) is 5.69 Å². The van der Waals surface area contributed by atoms with Crippen LogP contribution in [0.25, 0.3) is 0 Å². The lowest BCUT2D eigenvalue weighted by Crippen LogP contribution is -2.49. The van der Waals surface area contributed by atoms with Gasteiger partial charge in [0.2, 0.25) is 15.9 Å². The first-order valence-electron chi connectivity index (χ1n) is 9.61. The standard InChI is InChI=1S/C21H26ClN3O3S/c1-16-7-8-20(17(2)15-16)29(27,28)25-13-11-24(12-14-25)10-9-21(26)23-19-6-4-3-5-18(19)22/h3-8,15H,9-14H2,1-2H3,(H,23,26). The van der Waals surface area contributed by atoms with Crippen molar-refractivity contribution in [3.63, 3.8) is 0 Å². The Morgan fingerprint density at radius 2 is 1.76 bits per heavy atom. The van der Waals surface area contributed by atoms with E-state index in [1.54, 1.807) is 18.2 Å². The largest absolute Gasteiger partial charge is 0.325 e. The number of benzene rings is 2. The monoisotopic (exact) mass is 435 g/mol. The summed E-state index contributed by atoms with van der Waals surface area (Å²) in [5, 5.41) is 3.32. The van der Waals surface area contributed by atoms with Crippen molar-refractivity contribution in [2.75, 3.05) is 38.0 Å². The van der Waals surface area contributed by atoms with Crippen molar-refractivity contribution >= 4 is 33.2 Å². The summed E-state index contributed by atoms with van der Waals surface area (Å²) < 4.78 is 27.4. The van der Waals surface area contributed by atoms with E-state index in [1.165, 1.54) is 4.31 Å². The molecule has 0 bridgehead atoms. The van der Waals surface area contributed by atoms with Crippen LogP contribution in [0, 0.1) is 13.8 Å². The average Bonchev–Trinajstić information content (AvgIpc) is 2.68. The Morgan fingerprint density at radius 3 is 2.41 bits per heavy atom. The molecule has 0 saturated carbocycles. The molecule has 6 nitrogen and oxygen atoms in total. The van der Waals surface area contributed by atoms with Crippen LogP contribution in [-0.4, -0.2) is 56.3 Å². The molecule has 156 valence electrons. The molecule has 1 N–H and O–H groups in total. The maximum atomic E-state index is 13.0. The van der Waals surface area contributed by atoms with Gasteiger partial charge in [-0.1, -0.05) is 41.4 Å². The van der Waals surface area contributed by atoms with Crippen LogP contribution in [0.1, 0.15) is 17.5 Å². The van der Waals surface area contributed by atoms with Crippen molar-refractivity contribution in [1.82, 2.24) is 9.21 Å². The zero-order valence-electron chi connectivity index (χ0n) is 16.7. The minimum Gasteiger partial charge on any atom is -0.325 e. The molecule has 1 amide bonds. The van der Waals surface area contributed by atoms with Gasteiger partial charge in [0.25, 0.3) is 0 Å². The van der Waals surface area contributed by atoms with Gasteiger partial charge in [-0.2, -0.15) is 4.31 Å². The average molecular weight is 436 g/mol. The molecule has 1 saturated heterocycles. The number of halogens is 1. The lowest BCUT2D eigenvalue weighted by molar-refractivity contribution is -0.116. The Kier molecular flexibility index (Phi) is 6.95. The minimum absolute atomic E-state index is 0.108. The number of aryl methyl sites for hydroxylation is 2. The van der Waals surface area contributed by atoms with Gasteiger partial charge in [0.05, 0.1) is 15.6 Å². The molecular weight excluding hydrogens is 410 g/mol. The number of nitrogens with one attached hydrogen (secondary N) is 1. The van der Waals surface area contributed by atoms with Crippen molar-refractivity contribution in [3.05, 3.63) is 58.6 Å². The third-order valence-electron chi connectivity index (χ3n) is 5.08. The summed E-state index contributed by atoms with van der Waals surface area (Å²) in [6.07, 6.45) is 0.328. The van der Waals surface area contributed by atoms with E-state index in [0.717, 1.165) is 11.1 Å². The van der Waals surface area contributed by atoms with Crippen LogP contribution in [0.5, 0.6) is 0 Å². The number of nitrogens with zero attached hydrogens (tertiary/aromatic N) is 2. The quantitative estimate of drug-likeness (QED) is 0.755. The highest BCUT2D eigenvalue weighted by Crippen LogP contribution is 2.23. The van der Waals surface area contributed by atoms with E-state index < -0.39 is 10.0 Å². The van der Waals surface area contributed by atoms with Gasteiger partial charge in [-0.15, -0.1) is 0 Å². The van der Waals surface area contributed by atoms with Crippen LogP contribution in [0.15, 0.2) is 47.4 Å². The molecule has 0 spiro atoms. The first kappa shape index (κ1) is 21.8. The van der Waals surface area contributed by atoms with Gasteiger partial charge in [-0.3, -0.25) is 4.79 Å². The summed E-state index contributed by atoms with van der Waals surface area (Å²) >= 11 is 6.06. The molecule has 0 aromatic heterocycles. The molecule has 0 unspecified atom stereocenters. The third kappa shape index (κ3) is 5.36. The molecule has 1 aliphatic rings. The zero-order valence-corrected chi connectivity index (χ0v) is 18.3. The summed E-state index contributed by atoms with van der Waals surface area (Å²) in [5.41, 5.74) is 2.41. The van der Waals surface area contributed by atoms with Gasteiger partial charge in [0.1, 0.15) is 0 Å². The molecule has 8 heteroatoms. The van der Waals surface area contributed by atoms with E-state index in [-0.39, 0.29) is 5.91 Å². The first-order valence-corrected chi connectivity index (χ1v) is 11.4. The van der Waals surface area contributed by atoms with E-state index in [2.05, 4.69) is 10.2 Å². The Bertz CT molecular complexity index is 986. The lowest BCUT2D eigenvalue weighted by Gasteiger charge is -2.34. The van der Waals surface area contributed by atoms with E-state index in [1.807, 2.05) is 38.1 Å². The molecule has 2 aromatic carbocycles. The van der Waals surface area contributed by atoms with E-state index in [4.69, 9.17) is 11.6 Å². The van der Waals surface area contributed by atoms with Crippen molar-refractivity contribution in [2.45, 2.75) is 25.2 Å². The Morgan fingerprint density at radius 1 is 1.07 bits per heavy atom. The van der Waals surface area contributed by atoms with Gasteiger partial charge in [0, 0.05) is 39.1 Å². The number of amides is 1. The Labute approximate surface area is 177 Å². The highest BCUT2D eigenvalue weighted by atomic mass is 35.5. The number of carbonyl (C=O) groups is 1. The maximum Gasteiger partial charge on any atom is 0.243 e. The van der Waals surface area contributed by atoms with Crippen molar-refractivity contribution in [3.8, 4) is 0 Å². The predicted octanol–water partition coefficient (Wildman–Crippen LogP) is 3.29. The fourth-order valence-corrected chi connectivity index (χ4v) is 5.27. The number of piperazine rings is 1. The summed E-state index contributed by atoms with van der Waals surface area (Å²) in [7, 11) is -3.50. The van der Waals surface area contributed by atoms with E-state index in [9.17, 15) is 13.2 Å².